The fourth-order valence-corrected chi connectivity index (χ4v) is 1.71. The molecule has 86 valence electrons. The molecule has 0 spiro atoms. The number of amides is 1. The van der Waals surface area contributed by atoms with Gasteiger partial charge in [-0.1, -0.05) is 13.8 Å². The Balaban J connectivity index is 2.64. The molecule has 1 aliphatic rings. The van der Waals surface area contributed by atoms with E-state index in [1.807, 2.05) is 13.8 Å². The first-order valence-electron chi connectivity index (χ1n) is 5.29. The summed E-state index contributed by atoms with van der Waals surface area (Å²) >= 11 is 0. The van der Waals surface area contributed by atoms with Crippen LogP contribution in [0.1, 0.15) is 33.1 Å². The van der Waals surface area contributed by atoms with Gasteiger partial charge in [0.15, 0.2) is 0 Å². The molecule has 0 aromatic heterocycles. The van der Waals surface area contributed by atoms with Crippen LogP contribution in [0, 0.1) is 5.92 Å². The molecule has 0 N–H and O–H groups in total. The number of ether oxygens (including phenoxy) is 1. The fraction of sp³-hybridized carbons (Fsp3) is 0.818. The summed E-state index contributed by atoms with van der Waals surface area (Å²) in [6, 6.07) is 0. The summed E-state index contributed by atoms with van der Waals surface area (Å²) in [6.45, 7) is 3.98. The summed E-state index contributed by atoms with van der Waals surface area (Å²) in [5.74, 6) is 0.0448. The lowest BCUT2D eigenvalue weighted by atomic mass is 10.1. The molecule has 1 fully saturated rings. The van der Waals surface area contributed by atoms with E-state index in [0.717, 1.165) is 12.8 Å². The Kier molecular flexibility index (Phi) is 3.37. The van der Waals surface area contributed by atoms with E-state index in [4.69, 9.17) is 4.74 Å². The van der Waals surface area contributed by atoms with Gasteiger partial charge in [0.1, 0.15) is 5.54 Å². The summed E-state index contributed by atoms with van der Waals surface area (Å²) in [6.07, 6.45) is 1.93. The second-order valence-electron chi connectivity index (χ2n) is 4.57. The molecule has 0 unspecified atom stereocenters. The number of likely N-dealkylation sites (N-methyl/N-ethyl adjacent to an activating group) is 1. The van der Waals surface area contributed by atoms with Crippen molar-refractivity contribution < 1.29 is 14.3 Å². The van der Waals surface area contributed by atoms with Crippen LogP contribution in [0.4, 0.5) is 0 Å². The molecule has 0 bridgehead atoms. The molecular weight excluding hydrogens is 194 g/mol. The van der Waals surface area contributed by atoms with Crippen molar-refractivity contribution in [3.63, 3.8) is 0 Å². The zero-order chi connectivity index (χ0) is 11.6. The fourth-order valence-electron chi connectivity index (χ4n) is 1.71. The van der Waals surface area contributed by atoms with Gasteiger partial charge in [-0.25, -0.2) is 4.79 Å². The van der Waals surface area contributed by atoms with E-state index in [0.29, 0.717) is 12.3 Å². The van der Waals surface area contributed by atoms with Gasteiger partial charge in [-0.15, -0.1) is 0 Å². The number of hydrogen-bond acceptors (Lipinski definition) is 3. The molecule has 4 heteroatoms. The monoisotopic (exact) mass is 213 g/mol. The van der Waals surface area contributed by atoms with E-state index >= 15 is 0 Å². The van der Waals surface area contributed by atoms with E-state index < -0.39 is 5.54 Å². The quantitative estimate of drug-likeness (QED) is 0.659. The third-order valence-corrected chi connectivity index (χ3v) is 2.89. The maximum Gasteiger partial charge on any atom is 0.331 e. The number of rotatable bonds is 4. The second kappa shape index (κ2) is 4.21. The first kappa shape index (κ1) is 12.0. The lowest BCUT2D eigenvalue weighted by Gasteiger charge is -2.26. The first-order chi connectivity index (χ1) is 6.94. The molecule has 0 aromatic carbocycles. The van der Waals surface area contributed by atoms with E-state index in [1.165, 1.54) is 7.11 Å². The van der Waals surface area contributed by atoms with Gasteiger partial charge >= 0.3 is 5.97 Å². The SMILES string of the molecule is COC(=O)C1(N(C)C(=O)CC(C)C)CC1. The molecular formula is C11H19NO3. The Labute approximate surface area is 90.6 Å². The molecule has 1 rings (SSSR count). The van der Waals surface area contributed by atoms with E-state index in [9.17, 15) is 9.59 Å². The zero-order valence-electron chi connectivity index (χ0n) is 9.87. The number of methoxy groups -OCH3 is 1. The van der Waals surface area contributed by atoms with Crippen molar-refractivity contribution in [2.45, 2.75) is 38.6 Å². The second-order valence-corrected chi connectivity index (χ2v) is 4.57. The minimum atomic E-state index is -0.652. The van der Waals surface area contributed by atoms with Crippen molar-refractivity contribution in [3.05, 3.63) is 0 Å². The number of carbonyl (C=O) groups excluding carboxylic acids is 2. The molecule has 15 heavy (non-hydrogen) atoms. The summed E-state index contributed by atoms with van der Waals surface area (Å²) < 4.78 is 4.72. The number of carbonyl (C=O) groups is 2. The van der Waals surface area contributed by atoms with Crippen molar-refractivity contribution in [2.24, 2.45) is 5.92 Å². The third-order valence-electron chi connectivity index (χ3n) is 2.89. The lowest BCUT2D eigenvalue weighted by molar-refractivity contribution is -0.154. The van der Waals surface area contributed by atoms with Gasteiger partial charge in [-0.05, 0) is 18.8 Å². The van der Waals surface area contributed by atoms with Crippen LogP contribution >= 0.6 is 0 Å². The Bertz CT molecular complexity index is 269. The van der Waals surface area contributed by atoms with Crippen LogP contribution in [-0.4, -0.2) is 36.5 Å². The Morgan fingerprint density at radius 2 is 1.93 bits per heavy atom. The van der Waals surface area contributed by atoms with Crippen LogP contribution in [-0.2, 0) is 14.3 Å². The van der Waals surface area contributed by atoms with Crippen LogP contribution in [0.5, 0.6) is 0 Å². The molecule has 0 aromatic rings. The van der Waals surface area contributed by atoms with Crippen molar-refractivity contribution in [2.75, 3.05) is 14.2 Å². The van der Waals surface area contributed by atoms with Gasteiger partial charge in [0, 0.05) is 13.5 Å². The van der Waals surface area contributed by atoms with Gasteiger partial charge in [0.2, 0.25) is 5.91 Å². The Morgan fingerprint density at radius 1 is 1.40 bits per heavy atom. The summed E-state index contributed by atoms with van der Waals surface area (Å²) in [5, 5.41) is 0. The van der Waals surface area contributed by atoms with Crippen LogP contribution in [0.25, 0.3) is 0 Å². The predicted molar refractivity (Wildman–Crippen MR) is 56.2 cm³/mol. The van der Waals surface area contributed by atoms with Crippen LogP contribution in [0.15, 0.2) is 0 Å². The molecule has 1 saturated carbocycles. The minimum Gasteiger partial charge on any atom is -0.467 e. The molecule has 0 saturated heterocycles. The normalized spacial score (nSPS) is 17.4. The largest absolute Gasteiger partial charge is 0.467 e. The molecule has 0 heterocycles. The first-order valence-corrected chi connectivity index (χ1v) is 5.29. The standard InChI is InChI=1S/C11H19NO3/c1-8(2)7-9(13)12(3)11(5-6-11)10(14)15-4/h8H,5-7H2,1-4H3. The molecule has 0 aliphatic heterocycles. The predicted octanol–water partition coefficient (Wildman–Crippen LogP) is 1.20. The number of hydrogen-bond donors (Lipinski definition) is 0. The molecule has 0 radical (unpaired) electrons. The van der Waals surface area contributed by atoms with Crippen molar-refractivity contribution in [1.29, 1.82) is 0 Å². The van der Waals surface area contributed by atoms with E-state index in [1.54, 1.807) is 11.9 Å². The zero-order valence-corrected chi connectivity index (χ0v) is 9.87. The smallest absolute Gasteiger partial charge is 0.331 e. The van der Waals surface area contributed by atoms with Gasteiger partial charge in [0.25, 0.3) is 0 Å². The average Bonchev–Trinajstić information content (AvgIpc) is 2.95. The van der Waals surface area contributed by atoms with Crippen LogP contribution < -0.4 is 0 Å². The number of nitrogens with zero attached hydrogens (tertiary/aromatic N) is 1. The average molecular weight is 213 g/mol. The third kappa shape index (κ3) is 2.30. The van der Waals surface area contributed by atoms with E-state index in [-0.39, 0.29) is 11.9 Å². The van der Waals surface area contributed by atoms with Gasteiger partial charge in [-0.3, -0.25) is 4.79 Å². The Morgan fingerprint density at radius 3 is 2.27 bits per heavy atom. The minimum absolute atomic E-state index is 0.0212. The van der Waals surface area contributed by atoms with E-state index in [2.05, 4.69) is 0 Å². The number of esters is 1. The molecule has 1 amide bonds. The highest BCUT2D eigenvalue weighted by Gasteiger charge is 2.56. The topological polar surface area (TPSA) is 46.6 Å². The van der Waals surface area contributed by atoms with Gasteiger partial charge in [0.05, 0.1) is 7.11 Å². The lowest BCUT2D eigenvalue weighted by Crippen LogP contribution is -2.45. The van der Waals surface area contributed by atoms with Crippen molar-refractivity contribution in [3.8, 4) is 0 Å². The highest BCUT2D eigenvalue weighted by Crippen LogP contribution is 2.42. The Hall–Kier alpha value is -1.06. The van der Waals surface area contributed by atoms with Crippen molar-refractivity contribution in [1.82, 2.24) is 4.90 Å². The molecule has 4 nitrogen and oxygen atoms in total. The van der Waals surface area contributed by atoms with Crippen LogP contribution in [0.3, 0.4) is 0 Å². The maximum atomic E-state index is 11.8. The van der Waals surface area contributed by atoms with Crippen LogP contribution in [0.2, 0.25) is 0 Å². The highest BCUT2D eigenvalue weighted by atomic mass is 16.5. The highest BCUT2D eigenvalue weighted by molar-refractivity contribution is 5.90. The summed E-state index contributed by atoms with van der Waals surface area (Å²) in [7, 11) is 3.05. The van der Waals surface area contributed by atoms with Crippen molar-refractivity contribution >= 4 is 11.9 Å². The van der Waals surface area contributed by atoms with Gasteiger partial charge in [-0.2, -0.15) is 0 Å². The van der Waals surface area contributed by atoms with Gasteiger partial charge < -0.3 is 9.64 Å². The summed E-state index contributed by atoms with van der Waals surface area (Å²) in [5.41, 5.74) is -0.652. The molecule has 1 aliphatic carbocycles. The molecule has 0 atom stereocenters. The maximum absolute atomic E-state index is 11.8. The summed E-state index contributed by atoms with van der Waals surface area (Å²) in [4.78, 5) is 24.8.